The first-order chi connectivity index (χ1) is 16.0. The third kappa shape index (κ3) is 2.56. The van der Waals surface area contributed by atoms with Gasteiger partial charge < -0.3 is 9.31 Å². The van der Waals surface area contributed by atoms with Crippen LogP contribution >= 0.6 is 0 Å². The van der Waals surface area contributed by atoms with E-state index in [0.29, 0.717) is 0 Å². The van der Waals surface area contributed by atoms with E-state index < -0.39 is 0 Å². The van der Waals surface area contributed by atoms with Gasteiger partial charge in [-0.05, 0) is 111 Å². The van der Waals surface area contributed by atoms with Crippen LogP contribution in [-0.2, 0) is 20.1 Å². The average molecular weight is 454 g/mol. The molecule has 3 heteroatoms. The highest BCUT2D eigenvalue weighted by molar-refractivity contribution is 6.62. The van der Waals surface area contributed by atoms with Crippen LogP contribution in [0.15, 0.2) is 42.5 Å². The molecular weight excluding hydrogens is 415 g/mol. The van der Waals surface area contributed by atoms with Crippen LogP contribution in [0.25, 0.3) is 0 Å². The SMILES string of the molecule is CC1(C)c2ccccc2C2(c3ccc(B4OC(C)(C)C(C)(C)O4)cc31)C1CC3CC(C1)CC2C3. The fraction of sp³-hybridized carbons (Fsp3) is 0.613. The minimum absolute atomic E-state index is 0.0362. The van der Waals surface area contributed by atoms with Gasteiger partial charge in [0.05, 0.1) is 11.2 Å². The van der Waals surface area contributed by atoms with Gasteiger partial charge in [-0.3, -0.25) is 0 Å². The molecule has 5 aliphatic carbocycles. The van der Waals surface area contributed by atoms with Gasteiger partial charge in [0.25, 0.3) is 0 Å². The third-order valence-electron chi connectivity index (χ3n) is 11.2. The molecule has 0 radical (unpaired) electrons. The van der Waals surface area contributed by atoms with Crippen molar-refractivity contribution in [1.29, 1.82) is 0 Å². The van der Waals surface area contributed by atoms with Crippen molar-refractivity contribution >= 4 is 12.6 Å². The first kappa shape index (κ1) is 21.7. The summed E-state index contributed by atoms with van der Waals surface area (Å²) >= 11 is 0. The molecule has 4 saturated carbocycles. The Labute approximate surface area is 206 Å². The molecule has 2 aromatic rings. The smallest absolute Gasteiger partial charge is 0.399 e. The summed E-state index contributed by atoms with van der Waals surface area (Å²) in [7, 11) is -0.308. The molecule has 0 aromatic heterocycles. The van der Waals surface area contributed by atoms with Crippen molar-refractivity contribution in [2.24, 2.45) is 23.7 Å². The minimum Gasteiger partial charge on any atom is -0.399 e. The average Bonchev–Trinajstić information content (AvgIpc) is 3.00. The predicted molar refractivity (Wildman–Crippen MR) is 139 cm³/mol. The van der Waals surface area contributed by atoms with Crippen molar-refractivity contribution in [1.82, 2.24) is 0 Å². The molecule has 178 valence electrons. The molecule has 0 N–H and O–H groups in total. The van der Waals surface area contributed by atoms with Crippen molar-refractivity contribution in [2.45, 2.75) is 95.7 Å². The summed E-state index contributed by atoms with van der Waals surface area (Å²) in [6, 6.07) is 16.8. The zero-order valence-corrected chi connectivity index (χ0v) is 21.8. The molecule has 34 heavy (non-hydrogen) atoms. The molecule has 2 nitrogen and oxygen atoms in total. The van der Waals surface area contributed by atoms with Gasteiger partial charge in [0.15, 0.2) is 0 Å². The summed E-state index contributed by atoms with van der Waals surface area (Å²) in [4.78, 5) is 0. The van der Waals surface area contributed by atoms with E-state index in [9.17, 15) is 0 Å². The van der Waals surface area contributed by atoms with E-state index in [2.05, 4.69) is 84.0 Å². The van der Waals surface area contributed by atoms with Gasteiger partial charge in [0, 0.05) is 10.8 Å². The second kappa shape index (κ2) is 6.59. The third-order valence-corrected chi connectivity index (χ3v) is 11.2. The maximum absolute atomic E-state index is 6.49. The number of rotatable bonds is 1. The van der Waals surface area contributed by atoms with Crippen molar-refractivity contribution in [3.05, 3.63) is 64.7 Å². The molecule has 0 unspecified atom stereocenters. The molecule has 8 rings (SSSR count). The Bertz CT molecular complexity index is 1130. The van der Waals surface area contributed by atoms with Gasteiger partial charge in [0.1, 0.15) is 0 Å². The quantitative estimate of drug-likeness (QED) is 0.467. The summed E-state index contributed by atoms with van der Waals surface area (Å²) in [5, 5.41) is 0. The summed E-state index contributed by atoms with van der Waals surface area (Å²) < 4.78 is 13.0. The summed E-state index contributed by atoms with van der Waals surface area (Å²) in [6.07, 6.45) is 7.16. The Morgan fingerprint density at radius 3 is 1.76 bits per heavy atom. The Morgan fingerprint density at radius 2 is 1.18 bits per heavy atom. The molecule has 2 aromatic carbocycles. The number of hydrogen-bond donors (Lipinski definition) is 0. The van der Waals surface area contributed by atoms with Gasteiger partial charge in [-0.15, -0.1) is 0 Å². The van der Waals surface area contributed by atoms with Crippen LogP contribution in [0.5, 0.6) is 0 Å². The monoisotopic (exact) mass is 454 g/mol. The second-order valence-electron chi connectivity index (χ2n) is 13.7. The maximum atomic E-state index is 6.49. The van der Waals surface area contributed by atoms with Gasteiger partial charge in [0.2, 0.25) is 0 Å². The van der Waals surface area contributed by atoms with Crippen LogP contribution in [0.3, 0.4) is 0 Å². The fourth-order valence-corrected chi connectivity index (χ4v) is 9.05. The van der Waals surface area contributed by atoms with Crippen molar-refractivity contribution in [2.75, 3.05) is 0 Å². The number of fused-ring (bicyclic) bond motifs is 2. The van der Waals surface area contributed by atoms with Crippen LogP contribution in [0.1, 0.15) is 95.9 Å². The lowest BCUT2D eigenvalue weighted by atomic mass is 9.39. The highest BCUT2D eigenvalue weighted by atomic mass is 16.7. The molecule has 1 saturated heterocycles. The molecule has 6 aliphatic rings. The summed E-state index contributed by atoms with van der Waals surface area (Å²) in [5.74, 6) is 3.48. The highest BCUT2D eigenvalue weighted by Crippen LogP contribution is 2.68. The van der Waals surface area contributed by atoms with Crippen LogP contribution in [0.4, 0.5) is 0 Å². The lowest BCUT2D eigenvalue weighted by Gasteiger charge is -2.64. The van der Waals surface area contributed by atoms with Crippen molar-refractivity contribution in [3.63, 3.8) is 0 Å². The Kier molecular flexibility index (Phi) is 4.21. The van der Waals surface area contributed by atoms with E-state index in [-0.39, 0.29) is 29.2 Å². The molecule has 1 spiro atoms. The standard InChI is InChI=1S/C31H39BO2/c1-28(2)24-9-7-8-10-25(24)31(21-14-19-13-20(16-21)17-22(31)15-19)26-12-11-23(18-27(26)28)32-33-29(3,4)30(5,6)34-32/h7-12,18-22H,13-17H2,1-6H3. The molecule has 1 heterocycles. The minimum atomic E-state index is -0.321. The molecule has 1 aliphatic heterocycles. The van der Waals surface area contributed by atoms with Gasteiger partial charge in [-0.1, -0.05) is 56.3 Å². The van der Waals surface area contributed by atoms with Crippen LogP contribution in [-0.4, -0.2) is 18.3 Å². The Hall–Kier alpha value is -1.58. The van der Waals surface area contributed by atoms with Crippen LogP contribution in [0, 0.1) is 23.7 Å². The van der Waals surface area contributed by atoms with E-state index in [1.165, 1.54) is 43.1 Å². The summed E-state index contributed by atoms with van der Waals surface area (Å²) in [5.41, 5.74) is 6.98. The molecule has 4 bridgehead atoms. The van der Waals surface area contributed by atoms with Crippen molar-refractivity contribution < 1.29 is 9.31 Å². The Balaban J connectivity index is 1.43. The number of hydrogen-bond acceptors (Lipinski definition) is 2. The first-order valence-electron chi connectivity index (χ1n) is 13.6. The highest BCUT2D eigenvalue weighted by Gasteiger charge is 2.62. The molecular formula is C31H39BO2. The maximum Gasteiger partial charge on any atom is 0.494 e. The zero-order valence-electron chi connectivity index (χ0n) is 21.8. The van der Waals surface area contributed by atoms with Crippen LogP contribution < -0.4 is 5.46 Å². The lowest BCUT2D eigenvalue weighted by molar-refractivity contribution is -0.0443. The lowest BCUT2D eigenvalue weighted by Crippen LogP contribution is -2.59. The Morgan fingerprint density at radius 1 is 0.647 bits per heavy atom. The van der Waals surface area contributed by atoms with Crippen LogP contribution in [0.2, 0.25) is 0 Å². The second-order valence-corrected chi connectivity index (χ2v) is 13.7. The first-order valence-corrected chi connectivity index (χ1v) is 13.6. The summed E-state index contributed by atoms with van der Waals surface area (Å²) in [6.45, 7) is 13.5. The van der Waals surface area contributed by atoms with E-state index in [1.807, 2.05) is 0 Å². The van der Waals surface area contributed by atoms with Gasteiger partial charge in [-0.2, -0.15) is 0 Å². The molecule has 0 atom stereocenters. The van der Waals surface area contributed by atoms with Crippen molar-refractivity contribution in [3.8, 4) is 0 Å². The topological polar surface area (TPSA) is 18.5 Å². The number of benzene rings is 2. The predicted octanol–water partition coefficient (Wildman–Crippen LogP) is 6.37. The van der Waals surface area contributed by atoms with Gasteiger partial charge in [-0.25, -0.2) is 0 Å². The fourth-order valence-electron chi connectivity index (χ4n) is 9.05. The largest absolute Gasteiger partial charge is 0.494 e. The van der Waals surface area contributed by atoms with E-state index in [4.69, 9.17) is 9.31 Å². The zero-order chi connectivity index (χ0) is 23.7. The van der Waals surface area contributed by atoms with E-state index >= 15 is 0 Å². The van der Waals surface area contributed by atoms with E-state index in [0.717, 1.165) is 23.7 Å². The van der Waals surface area contributed by atoms with Gasteiger partial charge >= 0.3 is 7.12 Å². The normalized spacial score (nSPS) is 37.6. The molecule has 0 amide bonds. The molecule has 5 fully saturated rings. The van der Waals surface area contributed by atoms with E-state index in [1.54, 1.807) is 16.7 Å².